The van der Waals surface area contributed by atoms with Crippen molar-refractivity contribution in [3.05, 3.63) is 35.4 Å². The molecular weight excluding hydrogens is 272 g/mol. The average Bonchev–Trinajstić information content (AvgIpc) is 2.41. The number of hydrogen-bond donors (Lipinski definition) is 0. The highest BCUT2D eigenvalue weighted by Gasteiger charge is 2.38. The Morgan fingerprint density at radius 1 is 1.24 bits per heavy atom. The molecule has 0 aromatic heterocycles. The highest BCUT2D eigenvalue weighted by atomic mass is 19.1. The second-order valence-electron chi connectivity index (χ2n) is 6.45. The summed E-state index contributed by atoms with van der Waals surface area (Å²) in [6, 6.07) is 4.44. The zero-order valence-corrected chi connectivity index (χ0v) is 12.3. The molecule has 1 aromatic rings. The van der Waals surface area contributed by atoms with E-state index < -0.39 is 11.6 Å². The van der Waals surface area contributed by atoms with Crippen LogP contribution in [0.5, 0.6) is 0 Å². The summed E-state index contributed by atoms with van der Waals surface area (Å²) in [5.74, 6) is -1.08. The first-order valence-electron chi connectivity index (χ1n) is 7.73. The Morgan fingerprint density at radius 2 is 1.90 bits per heavy atom. The molecule has 2 aliphatic heterocycles. The molecule has 21 heavy (non-hydrogen) atoms. The topological polar surface area (TPSA) is 20.3 Å². The van der Waals surface area contributed by atoms with Crippen LogP contribution in [0, 0.1) is 17.6 Å². The summed E-state index contributed by atoms with van der Waals surface area (Å²) in [6.45, 7) is 0. The zero-order chi connectivity index (χ0) is 15.0. The standard InChI is InChI=1S/C17H21F2NO/c1-20-14-3-2-4-15(20)8-12(7-14)17(21)9-11-5-6-13(18)10-16(11)19/h5-6,10,12,14-15H,2-4,7-9H2,1H3. The fourth-order valence-corrected chi connectivity index (χ4v) is 3.88. The van der Waals surface area contributed by atoms with Crippen molar-refractivity contribution in [2.24, 2.45) is 5.92 Å². The van der Waals surface area contributed by atoms with Gasteiger partial charge >= 0.3 is 0 Å². The fraction of sp³-hybridized carbons (Fsp3) is 0.588. The Labute approximate surface area is 124 Å². The lowest BCUT2D eigenvalue weighted by Crippen LogP contribution is -2.51. The van der Waals surface area contributed by atoms with Gasteiger partial charge in [0.15, 0.2) is 0 Å². The summed E-state index contributed by atoms with van der Waals surface area (Å²) in [6.07, 6.45) is 5.40. The third-order valence-electron chi connectivity index (χ3n) is 5.17. The molecule has 2 aliphatic rings. The highest BCUT2D eigenvalue weighted by molar-refractivity contribution is 5.83. The summed E-state index contributed by atoms with van der Waals surface area (Å²) in [5.41, 5.74) is 0.311. The lowest BCUT2D eigenvalue weighted by Gasteiger charge is -2.46. The lowest BCUT2D eigenvalue weighted by atomic mass is 9.76. The summed E-state index contributed by atoms with van der Waals surface area (Å²) in [5, 5.41) is 0. The predicted octanol–water partition coefficient (Wildman–Crippen LogP) is 3.34. The van der Waals surface area contributed by atoms with Crippen LogP contribution in [0.25, 0.3) is 0 Å². The number of piperidine rings is 2. The van der Waals surface area contributed by atoms with Crippen LogP contribution in [-0.4, -0.2) is 29.8 Å². The molecule has 4 heteroatoms. The van der Waals surface area contributed by atoms with Crippen LogP contribution < -0.4 is 0 Å². The Balaban J connectivity index is 1.68. The minimum absolute atomic E-state index is 0.0287. The van der Waals surface area contributed by atoms with Crippen molar-refractivity contribution in [1.29, 1.82) is 0 Å². The highest BCUT2D eigenvalue weighted by Crippen LogP contribution is 2.36. The van der Waals surface area contributed by atoms with E-state index in [-0.39, 0.29) is 18.1 Å². The van der Waals surface area contributed by atoms with E-state index in [0.717, 1.165) is 31.7 Å². The van der Waals surface area contributed by atoms with E-state index in [1.54, 1.807) is 0 Å². The van der Waals surface area contributed by atoms with Crippen LogP contribution in [0.3, 0.4) is 0 Å². The number of carbonyl (C=O) groups excluding carboxylic acids is 1. The largest absolute Gasteiger partial charge is 0.300 e. The molecule has 2 saturated heterocycles. The molecule has 0 aliphatic carbocycles. The van der Waals surface area contributed by atoms with Gasteiger partial charge in [-0.3, -0.25) is 4.79 Å². The van der Waals surface area contributed by atoms with E-state index in [0.29, 0.717) is 17.6 Å². The minimum atomic E-state index is -0.614. The van der Waals surface area contributed by atoms with Gasteiger partial charge in [-0.1, -0.05) is 12.5 Å². The van der Waals surface area contributed by atoms with Crippen LogP contribution >= 0.6 is 0 Å². The van der Waals surface area contributed by atoms with Crippen molar-refractivity contribution in [3.8, 4) is 0 Å². The van der Waals surface area contributed by atoms with Gasteiger partial charge in [0.25, 0.3) is 0 Å². The fourth-order valence-electron chi connectivity index (χ4n) is 3.88. The molecule has 2 fully saturated rings. The molecule has 2 unspecified atom stereocenters. The Kier molecular flexibility index (Phi) is 4.07. The molecule has 0 N–H and O–H groups in total. The van der Waals surface area contributed by atoms with Gasteiger partial charge in [-0.15, -0.1) is 0 Å². The molecule has 1 aromatic carbocycles. The summed E-state index contributed by atoms with van der Waals surface area (Å²) in [4.78, 5) is 14.9. The van der Waals surface area contributed by atoms with Crippen molar-refractivity contribution < 1.29 is 13.6 Å². The lowest BCUT2D eigenvalue weighted by molar-refractivity contribution is -0.126. The van der Waals surface area contributed by atoms with Gasteiger partial charge in [-0.05, 0) is 44.4 Å². The van der Waals surface area contributed by atoms with Crippen LogP contribution in [0.15, 0.2) is 18.2 Å². The summed E-state index contributed by atoms with van der Waals surface area (Å²) in [7, 11) is 2.15. The maximum absolute atomic E-state index is 13.7. The first kappa shape index (κ1) is 14.6. The molecule has 0 spiro atoms. The number of benzene rings is 1. The molecule has 2 heterocycles. The number of Topliss-reactive ketones (excluding diaryl/α,β-unsaturated/α-hetero) is 1. The molecule has 0 saturated carbocycles. The summed E-state index contributed by atoms with van der Waals surface area (Å²) < 4.78 is 26.6. The van der Waals surface area contributed by atoms with Crippen molar-refractivity contribution in [2.45, 2.75) is 50.6 Å². The van der Waals surface area contributed by atoms with Crippen LogP contribution in [0.1, 0.15) is 37.7 Å². The van der Waals surface area contributed by atoms with E-state index >= 15 is 0 Å². The number of hydrogen-bond acceptors (Lipinski definition) is 2. The van der Waals surface area contributed by atoms with Gasteiger partial charge in [0.1, 0.15) is 17.4 Å². The van der Waals surface area contributed by atoms with E-state index in [1.807, 2.05) is 0 Å². The molecule has 2 bridgehead atoms. The molecular formula is C17H21F2NO. The maximum atomic E-state index is 13.7. The second-order valence-corrected chi connectivity index (χ2v) is 6.45. The number of fused-ring (bicyclic) bond motifs is 2. The van der Waals surface area contributed by atoms with Gasteiger partial charge in [0.05, 0.1) is 0 Å². The summed E-state index contributed by atoms with van der Waals surface area (Å²) >= 11 is 0. The van der Waals surface area contributed by atoms with Crippen LogP contribution in [-0.2, 0) is 11.2 Å². The smallest absolute Gasteiger partial charge is 0.140 e. The number of carbonyl (C=O) groups is 1. The molecule has 3 rings (SSSR count). The molecule has 2 atom stereocenters. The first-order chi connectivity index (χ1) is 10.0. The molecule has 114 valence electrons. The normalized spacial score (nSPS) is 29.4. The van der Waals surface area contributed by atoms with E-state index in [2.05, 4.69) is 11.9 Å². The molecule has 2 nitrogen and oxygen atoms in total. The predicted molar refractivity (Wildman–Crippen MR) is 77.0 cm³/mol. The van der Waals surface area contributed by atoms with Gasteiger partial charge < -0.3 is 4.90 Å². The van der Waals surface area contributed by atoms with Crippen LogP contribution in [0.2, 0.25) is 0 Å². The third-order valence-corrected chi connectivity index (χ3v) is 5.17. The Morgan fingerprint density at radius 3 is 2.52 bits per heavy atom. The van der Waals surface area contributed by atoms with Gasteiger partial charge in [-0.25, -0.2) is 8.78 Å². The second kappa shape index (κ2) is 5.84. The molecule has 0 radical (unpaired) electrons. The number of halogens is 2. The number of rotatable bonds is 3. The minimum Gasteiger partial charge on any atom is -0.300 e. The van der Waals surface area contributed by atoms with Gasteiger partial charge in [0.2, 0.25) is 0 Å². The first-order valence-corrected chi connectivity index (χ1v) is 7.73. The van der Waals surface area contributed by atoms with E-state index in [4.69, 9.17) is 0 Å². The van der Waals surface area contributed by atoms with Crippen molar-refractivity contribution in [3.63, 3.8) is 0 Å². The monoisotopic (exact) mass is 293 g/mol. The van der Waals surface area contributed by atoms with Crippen molar-refractivity contribution >= 4 is 5.78 Å². The zero-order valence-electron chi connectivity index (χ0n) is 12.3. The maximum Gasteiger partial charge on any atom is 0.140 e. The third kappa shape index (κ3) is 3.00. The number of nitrogens with zero attached hydrogens (tertiary/aromatic N) is 1. The van der Waals surface area contributed by atoms with Crippen molar-refractivity contribution in [2.75, 3.05) is 7.05 Å². The Bertz CT molecular complexity index is 532. The number of ketones is 1. The quantitative estimate of drug-likeness (QED) is 0.852. The van der Waals surface area contributed by atoms with Crippen LogP contribution in [0.4, 0.5) is 8.78 Å². The molecule has 0 amide bonds. The SMILES string of the molecule is CN1C2CCCC1CC(C(=O)Cc1ccc(F)cc1F)C2. The average molecular weight is 293 g/mol. The van der Waals surface area contributed by atoms with Gasteiger partial charge in [0, 0.05) is 30.5 Å². The van der Waals surface area contributed by atoms with Crippen molar-refractivity contribution in [1.82, 2.24) is 4.90 Å². The van der Waals surface area contributed by atoms with E-state index in [1.165, 1.54) is 18.6 Å². The Hall–Kier alpha value is -1.29. The van der Waals surface area contributed by atoms with Gasteiger partial charge in [-0.2, -0.15) is 0 Å². The van der Waals surface area contributed by atoms with E-state index in [9.17, 15) is 13.6 Å².